The molecule has 10 nitrogen and oxygen atoms in total. The number of thiazole rings is 1. The second-order valence-electron chi connectivity index (χ2n) is 6.80. The van der Waals surface area contributed by atoms with Crippen LogP contribution in [0, 0.1) is 0 Å². The summed E-state index contributed by atoms with van der Waals surface area (Å²) in [5, 5.41) is 26.5. The Balaban J connectivity index is 1.53. The summed E-state index contributed by atoms with van der Waals surface area (Å²) in [5.74, 6) is 0.494. The van der Waals surface area contributed by atoms with Gasteiger partial charge in [0.2, 0.25) is 6.35 Å². The number of amides is 1. The molecule has 4 rings (SSSR count). The van der Waals surface area contributed by atoms with Crippen LogP contribution in [0.3, 0.4) is 0 Å². The molecule has 3 aromatic heterocycles. The van der Waals surface area contributed by atoms with E-state index in [-0.39, 0.29) is 5.91 Å². The van der Waals surface area contributed by atoms with Crippen LogP contribution in [0.5, 0.6) is 0 Å². The topological polar surface area (TPSA) is 120 Å². The van der Waals surface area contributed by atoms with Crippen molar-refractivity contribution in [1.29, 1.82) is 0 Å². The summed E-state index contributed by atoms with van der Waals surface area (Å²) < 4.78 is 1.60. The Bertz CT molecular complexity index is 1010. The third kappa shape index (κ3) is 3.33. The smallest absolute Gasteiger partial charge is 0.277 e. The molecule has 4 heterocycles. The average molecular weight is 415 g/mol. The molecule has 0 spiro atoms. The molecule has 0 radical (unpaired) electrons. The maximum atomic E-state index is 12.6. The number of carbonyl (C=O) groups excluding carboxylic acids is 1. The van der Waals surface area contributed by atoms with Crippen molar-refractivity contribution in [2.45, 2.75) is 25.5 Å². The summed E-state index contributed by atoms with van der Waals surface area (Å²) in [7, 11) is 3.16. The largest absolute Gasteiger partial charge is 0.372 e. The number of rotatable bonds is 5. The van der Waals surface area contributed by atoms with Crippen LogP contribution in [0.1, 0.15) is 23.5 Å². The zero-order valence-corrected chi connectivity index (χ0v) is 16.9. The Morgan fingerprint density at radius 2 is 2.00 bits per heavy atom. The summed E-state index contributed by atoms with van der Waals surface area (Å²) in [5.41, 5.74) is 1.20. The van der Waals surface area contributed by atoms with E-state index in [0.717, 1.165) is 10.6 Å². The van der Waals surface area contributed by atoms with Crippen molar-refractivity contribution in [3.05, 3.63) is 41.9 Å². The van der Waals surface area contributed by atoms with E-state index in [1.165, 1.54) is 34.5 Å². The molecule has 1 aliphatic rings. The Kier molecular flexibility index (Phi) is 4.94. The molecule has 3 unspecified atom stereocenters. The van der Waals surface area contributed by atoms with E-state index < -0.39 is 18.6 Å². The highest BCUT2D eigenvalue weighted by atomic mass is 32.1. The molecule has 3 N–H and O–H groups in total. The number of aliphatic hydroxyl groups is 2. The van der Waals surface area contributed by atoms with E-state index in [1.54, 1.807) is 37.0 Å². The van der Waals surface area contributed by atoms with Gasteiger partial charge in [-0.2, -0.15) is 0 Å². The van der Waals surface area contributed by atoms with E-state index in [2.05, 4.69) is 20.3 Å². The van der Waals surface area contributed by atoms with E-state index in [4.69, 9.17) is 0 Å². The lowest BCUT2D eigenvalue weighted by atomic mass is 10.2. The van der Waals surface area contributed by atoms with Gasteiger partial charge in [0.15, 0.2) is 11.5 Å². The highest BCUT2D eigenvalue weighted by Gasteiger charge is 2.37. The van der Waals surface area contributed by atoms with Crippen molar-refractivity contribution in [1.82, 2.24) is 24.4 Å². The fourth-order valence-corrected chi connectivity index (χ4v) is 3.79. The monoisotopic (exact) mass is 415 g/mol. The van der Waals surface area contributed by atoms with Gasteiger partial charge in [-0.15, -0.1) is 11.3 Å². The second-order valence-corrected chi connectivity index (χ2v) is 7.69. The number of imidazole rings is 1. The van der Waals surface area contributed by atoms with Crippen LogP contribution in [-0.4, -0.2) is 67.2 Å². The first-order chi connectivity index (χ1) is 13.9. The summed E-state index contributed by atoms with van der Waals surface area (Å²) in [6, 6.07) is 3.12. The van der Waals surface area contributed by atoms with Gasteiger partial charge in [-0.1, -0.05) is 0 Å². The lowest BCUT2D eigenvalue weighted by Gasteiger charge is -2.37. The second kappa shape index (κ2) is 7.43. The number of fused-ring (bicyclic) bond motifs is 1. The number of aliphatic hydroxyl groups excluding tert-OH is 2. The minimum absolute atomic E-state index is 0.306. The fourth-order valence-electron chi connectivity index (χ4n) is 3.16. The van der Waals surface area contributed by atoms with Crippen LogP contribution in [0.4, 0.5) is 11.6 Å². The van der Waals surface area contributed by atoms with E-state index in [0.29, 0.717) is 17.3 Å². The number of carbonyl (C=O) groups is 1. The number of aromatic nitrogens is 4. The van der Waals surface area contributed by atoms with Gasteiger partial charge in [0.05, 0.1) is 12.4 Å². The van der Waals surface area contributed by atoms with Gasteiger partial charge in [0.1, 0.15) is 17.1 Å². The van der Waals surface area contributed by atoms with E-state index >= 15 is 0 Å². The molecule has 0 saturated carbocycles. The summed E-state index contributed by atoms with van der Waals surface area (Å²) in [6.45, 7) is 1.77. The fraction of sp³-hybridized carbons (Fsp3) is 0.333. The van der Waals surface area contributed by atoms with Gasteiger partial charge in [-0.05, 0) is 19.1 Å². The van der Waals surface area contributed by atoms with Gasteiger partial charge in [0.25, 0.3) is 5.91 Å². The number of hydrogen-bond donors (Lipinski definition) is 3. The van der Waals surface area contributed by atoms with Crippen molar-refractivity contribution >= 4 is 28.9 Å². The van der Waals surface area contributed by atoms with Gasteiger partial charge >= 0.3 is 0 Å². The van der Waals surface area contributed by atoms with Crippen LogP contribution in [0.2, 0.25) is 0 Å². The van der Waals surface area contributed by atoms with E-state index in [1.807, 2.05) is 11.4 Å². The number of pyridine rings is 1. The number of anilines is 2. The molecule has 0 aromatic carbocycles. The van der Waals surface area contributed by atoms with Crippen molar-refractivity contribution < 1.29 is 15.0 Å². The molecule has 11 heteroatoms. The van der Waals surface area contributed by atoms with Crippen LogP contribution in [0.25, 0.3) is 10.6 Å². The SMILES string of the molecule is CC(C(O)Nc1ccc(-c2nccs2)cn1)n1cnc2c1C(=O)N(C)C(O)N2C. The first-order valence-corrected chi connectivity index (χ1v) is 9.82. The molecule has 152 valence electrons. The lowest BCUT2D eigenvalue weighted by Crippen LogP contribution is -2.52. The third-order valence-electron chi connectivity index (χ3n) is 4.96. The molecule has 0 fully saturated rings. The molecule has 0 bridgehead atoms. The minimum atomic E-state index is -1.09. The molecule has 1 amide bonds. The van der Waals surface area contributed by atoms with E-state index in [9.17, 15) is 15.0 Å². The maximum absolute atomic E-state index is 12.6. The first-order valence-electron chi connectivity index (χ1n) is 8.94. The highest BCUT2D eigenvalue weighted by molar-refractivity contribution is 7.13. The summed E-state index contributed by atoms with van der Waals surface area (Å²) in [6.07, 6.45) is 2.80. The van der Waals surface area contributed by atoms with Gasteiger partial charge < -0.3 is 25.0 Å². The van der Waals surface area contributed by atoms with Crippen molar-refractivity contribution in [3.8, 4) is 10.6 Å². The maximum Gasteiger partial charge on any atom is 0.277 e. The van der Waals surface area contributed by atoms with Crippen LogP contribution < -0.4 is 10.2 Å². The summed E-state index contributed by atoms with van der Waals surface area (Å²) in [4.78, 5) is 28.2. The molecular weight excluding hydrogens is 394 g/mol. The standard InChI is InChI=1S/C18H21N7O3S/c1-10(25-9-21-14-13(25)17(27)24(3)18(28)23(14)2)15(26)22-12-5-4-11(8-20-12)16-19-6-7-29-16/h4-10,15,18,26,28H,1-3H3,(H,20,22). The molecule has 3 atom stereocenters. The Morgan fingerprint density at radius 3 is 2.66 bits per heavy atom. The van der Waals surface area contributed by atoms with Crippen molar-refractivity contribution in [2.75, 3.05) is 24.3 Å². The van der Waals surface area contributed by atoms with Gasteiger partial charge in [-0.3, -0.25) is 9.69 Å². The molecule has 29 heavy (non-hydrogen) atoms. The predicted molar refractivity (Wildman–Crippen MR) is 108 cm³/mol. The minimum Gasteiger partial charge on any atom is -0.372 e. The van der Waals surface area contributed by atoms with Crippen LogP contribution in [-0.2, 0) is 0 Å². The molecule has 1 aliphatic heterocycles. The lowest BCUT2D eigenvalue weighted by molar-refractivity contribution is 0.0147. The van der Waals surface area contributed by atoms with Crippen molar-refractivity contribution in [3.63, 3.8) is 0 Å². The number of hydrogen-bond acceptors (Lipinski definition) is 9. The Labute approximate surface area is 171 Å². The first kappa shape index (κ1) is 19.3. The van der Waals surface area contributed by atoms with Crippen LogP contribution >= 0.6 is 11.3 Å². The van der Waals surface area contributed by atoms with Crippen LogP contribution in [0.15, 0.2) is 36.2 Å². The Morgan fingerprint density at radius 1 is 1.21 bits per heavy atom. The zero-order valence-electron chi connectivity index (χ0n) is 16.1. The molecule has 3 aromatic rings. The van der Waals surface area contributed by atoms with Gasteiger partial charge in [-0.25, -0.2) is 15.0 Å². The molecule has 0 saturated heterocycles. The van der Waals surface area contributed by atoms with Crippen molar-refractivity contribution in [2.24, 2.45) is 0 Å². The number of nitrogens with one attached hydrogen (secondary N) is 1. The zero-order chi connectivity index (χ0) is 20.7. The normalized spacial score (nSPS) is 18.5. The quantitative estimate of drug-likeness (QED) is 0.532. The van der Waals surface area contributed by atoms with Gasteiger partial charge in [0, 0.05) is 37.4 Å². The highest BCUT2D eigenvalue weighted by Crippen LogP contribution is 2.30. The summed E-state index contributed by atoms with van der Waals surface area (Å²) >= 11 is 1.52. The third-order valence-corrected chi connectivity index (χ3v) is 5.78. The predicted octanol–water partition coefficient (Wildman–Crippen LogP) is 1.19. The average Bonchev–Trinajstić information content (AvgIpc) is 3.41. The Hall–Kier alpha value is -3.02. The molecule has 0 aliphatic carbocycles. The molecular formula is C18H21N7O3S. The number of nitrogens with zero attached hydrogens (tertiary/aromatic N) is 6.